The average Bonchev–Trinajstić information content (AvgIpc) is 2.80. The SMILES string of the molecule is C=CC(=O)OCCNC(=O)Oc1ccc2ccccc2c1OC(=O)NCCOC(=O)C=C. The van der Waals surface area contributed by atoms with Gasteiger partial charge in [-0.1, -0.05) is 43.5 Å². The van der Waals surface area contributed by atoms with Gasteiger partial charge < -0.3 is 29.6 Å². The van der Waals surface area contributed by atoms with E-state index in [9.17, 15) is 19.2 Å². The van der Waals surface area contributed by atoms with Crippen molar-refractivity contribution < 1.29 is 38.1 Å². The summed E-state index contributed by atoms with van der Waals surface area (Å²) in [7, 11) is 0. The van der Waals surface area contributed by atoms with Crippen molar-refractivity contribution in [3.05, 3.63) is 61.7 Å². The molecule has 32 heavy (non-hydrogen) atoms. The van der Waals surface area contributed by atoms with E-state index < -0.39 is 24.1 Å². The highest BCUT2D eigenvalue weighted by molar-refractivity contribution is 5.93. The molecule has 2 amide bonds. The minimum Gasteiger partial charge on any atom is -0.461 e. The predicted octanol–water partition coefficient (Wildman–Crippen LogP) is 2.48. The Morgan fingerprint density at radius 3 is 1.94 bits per heavy atom. The van der Waals surface area contributed by atoms with E-state index in [0.717, 1.165) is 17.5 Å². The van der Waals surface area contributed by atoms with Crippen LogP contribution < -0.4 is 20.1 Å². The lowest BCUT2D eigenvalue weighted by Crippen LogP contribution is -2.32. The summed E-state index contributed by atoms with van der Waals surface area (Å²) in [5, 5.41) is 6.12. The predicted molar refractivity (Wildman–Crippen MR) is 114 cm³/mol. The van der Waals surface area contributed by atoms with Crippen molar-refractivity contribution in [2.24, 2.45) is 0 Å². The molecule has 0 unspecified atom stereocenters. The first-order valence-corrected chi connectivity index (χ1v) is 9.46. The van der Waals surface area contributed by atoms with Gasteiger partial charge >= 0.3 is 24.1 Å². The highest BCUT2D eigenvalue weighted by Crippen LogP contribution is 2.35. The highest BCUT2D eigenvalue weighted by atomic mass is 16.6. The van der Waals surface area contributed by atoms with Crippen LogP contribution in [0.2, 0.25) is 0 Å². The number of esters is 2. The van der Waals surface area contributed by atoms with Crippen LogP contribution in [0.5, 0.6) is 11.5 Å². The van der Waals surface area contributed by atoms with Gasteiger partial charge in [-0.25, -0.2) is 19.2 Å². The molecule has 0 radical (unpaired) electrons. The minimum atomic E-state index is -0.837. The largest absolute Gasteiger partial charge is 0.461 e. The zero-order valence-corrected chi connectivity index (χ0v) is 17.1. The van der Waals surface area contributed by atoms with E-state index in [-0.39, 0.29) is 37.8 Å². The van der Waals surface area contributed by atoms with Crippen molar-refractivity contribution in [2.45, 2.75) is 0 Å². The van der Waals surface area contributed by atoms with E-state index in [1.807, 2.05) is 0 Å². The van der Waals surface area contributed by atoms with E-state index in [4.69, 9.17) is 18.9 Å². The van der Waals surface area contributed by atoms with E-state index in [0.29, 0.717) is 5.39 Å². The molecule has 2 rings (SSSR count). The molecule has 0 aliphatic carbocycles. The van der Waals surface area contributed by atoms with Crippen molar-refractivity contribution in [2.75, 3.05) is 26.3 Å². The molecule has 2 N–H and O–H groups in total. The fraction of sp³-hybridized carbons (Fsp3) is 0.182. The second-order valence-corrected chi connectivity index (χ2v) is 5.99. The van der Waals surface area contributed by atoms with E-state index in [1.165, 1.54) is 6.07 Å². The minimum absolute atomic E-state index is 0.00229. The summed E-state index contributed by atoms with van der Waals surface area (Å²) < 4.78 is 20.2. The van der Waals surface area contributed by atoms with Gasteiger partial charge in [0.1, 0.15) is 13.2 Å². The Morgan fingerprint density at radius 2 is 1.34 bits per heavy atom. The fourth-order valence-electron chi connectivity index (χ4n) is 2.40. The smallest absolute Gasteiger partial charge is 0.412 e. The van der Waals surface area contributed by atoms with Gasteiger partial charge in [-0.05, 0) is 11.5 Å². The molecular formula is C22H22N2O8. The number of ether oxygens (including phenoxy) is 4. The number of fused-ring (bicyclic) bond motifs is 1. The lowest BCUT2D eigenvalue weighted by atomic mass is 10.1. The number of hydrogen-bond acceptors (Lipinski definition) is 8. The Kier molecular flexibility index (Phi) is 9.26. The van der Waals surface area contributed by atoms with Crippen molar-refractivity contribution in [3.8, 4) is 11.5 Å². The maximum atomic E-state index is 12.2. The van der Waals surface area contributed by atoms with Crippen LogP contribution in [0, 0.1) is 0 Å². The van der Waals surface area contributed by atoms with Gasteiger partial charge in [0.05, 0.1) is 13.1 Å². The van der Waals surface area contributed by atoms with Crippen molar-refractivity contribution in [1.82, 2.24) is 10.6 Å². The summed E-state index contributed by atoms with van der Waals surface area (Å²) in [4.78, 5) is 46.3. The normalized spacial score (nSPS) is 9.88. The first kappa shape index (κ1) is 23.9. The first-order chi connectivity index (χ1) is 15.4. The van der Waals surface area contributed by atoms with Crippen molar-refractivity contribution >= 4 is 34.9 Å². The summed E-state index contributed by atoms with van der Waals surface area (Å²) in [6.45, 7) is 6.40. The Hall–Kier alpha value is -4.34. The molecule has 0 aliphatic rings. The molecule has 0 saturated carbocycles. The number of rotatable bonds is 10. The summed E-state index contributed by atoms with van der Waals surface area (Å²) in [6, 6.07) is 10.2. The zero-order chi connectivity index (χ0) is 23.3. The van der Waals surface area contributed by atoms with Gasteiger partial charge in [-0.15, -0.1) is 0 Å². The maximum absolute atomic E-state index is 12.2. The molecule has 2 aromatic carbocycles. The first-order valence-electron chi connectivity index (χ1n) is 9.46. The summed E-state index contributed by atoms with van der Waals surface area (Å²) in [6.07, 6.45) is 0.340. The third-order valence-electron chi connectivity index (χ3n) is 3.81. The second kappa shape index (κ2) is 12.4. The lowest BCUT2D eigenvalue weighted by molar-refractivity contribution is -0.138. The summed E-state index contributed by atoms with van der Waals surface area (Å²) in [5.41, 5.74) is 0. The molecule has 10 heteroatoms. The summed E-state index contributed by atoms with van der Waals surface area (Å²) in [5.74, 6) is -1.21. The second-order valence-electron chi connectivity index (χ2n) is 5.99. The molecular weight excluding hydrogens is 420 g/mol. The zero-order valence-electron chi connectivity index (χ0n) is 17.1. The molecule has 0 bridgehead atoms. The summed E-state index contributed by atoms with van der Waals surface area (Å²) >= 11 is 0. The maximum Gasteiger partial charge on any atom is 0.412 e. The van der Waals surface area contributed by atoms with Gasteiger partial charge in [0.15, 0.2) is 11.5 Å². The monoisotopic (exact) mass is 442 g/mol. The molecule has 10 nitrogen and oxygen atoms in total. The lowest BCUT2D eigenvalue weighted by Gasteiger charge is -2.14. The van der Waals surface area contributed by atoms with Crippen LogP contribution in [0.4, 0.5) is 9.59 Å². The molecule has 168 valence electrons. The number of carbonyl (C=O) groups is 4. The Balaban J connectivity index is 2.03. The molecule has 0 aliphatic heterocycles. The molecule has 0 aromatic heterocycles. The number of nitrogens with one attached hydrogen (secondary N) is 2. The highest BCUT2D eigenvalue weighted by Gasteiger charge is 2.17. The standard InChI is InChI=1S/C22H22N2O8/c1-3-18(25)29-13-11-23-21(27)31-17-10-9-15-7-5-6-8-16(15)20(17)32-22(28)24-12-14-30-19(26)4-2/h3-10H,1-2,11-14H2,(H,23,27)(H,24,28). The third kappa shape index (κ3) is 7.48. The van der Waals surface area contributed by atoms with E-state index >= 15 is 0 Å². The Labute approximate surface area is 183 Å². The van der Waals surface area contributed by atoms with Crippen LogP contribution in [0.25, 0.3) is 10.8 Å². The van der Waals surface area contributed by atoms with Crippen LogP contribution in [0.3, 0.4) is 0 Å². The molecule has 0 spiro atoms. The fourth-order valence-corrected chi connectivity index (χ4v) is 2.40. The molecule has 2 aromatic rings. The van der Waals surface area contributed by atoms with E-state index in [1.54, 1.807) is 30.3 Å². The molecule has 0 heterocycles. The van der Waals surface area contributed by atoms with Gasteiger partial charge in [0.25, 0.3) is 0 Å². The quantitative estimate of drug-likeness (QED) is 0.326. The molecule has 0 atom stereocenters. The third-order valence-corrected chi connectivity index (χ3v) is 3.81. The Bertz CT molecular complexity index is 1020. The van der Waals surface area contributed by atoms with Crippen LogP contribution in [-0.2, 0) is 19.1 Å². The topological polar surface area (TPSA) is 129 Å². The molecule has 0 fully saturated rings. The van der Waals surface area contributed by atoms with Crippen LogP contribution in [-0.4, -0.2) is 50.4 Å². The van der Waals surface area contributed by atoms with Crippen LogP contribution in [0.1, 0.15) is 0 Å². The van der Waals surface area contributed by atoms with Crippen LogP contribution >= 0.6 is 0 Å². The number of carbonyl (C=O) groups excluding carboxylic acids is 4. The molecule has 0 saturated heterocycles. The average molecular weight is 442 g/mol. The van der Waals surface area contributed by atoms with Crippen molar-refractivity contribution in [1.29, 1.82) is 0 Å². The number of hydrogen-bond donors (Lipinski definition) is 2. The van der Waals surface area contributed by atoms with Gasteiger partial charge in [-0.2, -0.15) is 0 Å². The van der Waals surface area contributed by atoms with Gasteiger partial charge in [0, 0.05) is 17.5 Å². The van der Waals surface area contributed by atoms with E-state index in [2.05, 4.69) is 23.8 Å². The van der Waals surface area contributed by atoms with Gasteiger partial charge in [0.2, 0.25) is 0 Å². The van der Waals surface area contributed by atoms with Crippen molar-refractivity contribution in [3.63, 3.8) is 0 Å². The van der Waals surface area contributed by atoms with Crippen LogP contribution in [0.15, 0.2) is 61.7 Å². The number of benzene rings is 2. The Morgan fingerprint density at radius 1 is 0.781 bits per heavy atom. The van der Waals surface area contributed by atoms with Gasteiger partial charge in [-0.3, -0.25) is 0 Å². The number of amides is 2.